The van der Waals surface area contributed by atoms with E-state index in [0.717, 1.165) is 17.7 Å². The third-order valence-electron chi connectivity index (χ3n) is 4.84. The molecule has 5 nitrogen and oxygen atoms in total. The molecule has 1 aliphatic heterocycles. The smallest absolute Gasteiger partial charge is 0.258 e. The second-order valence-electron chi connectivity index (χ2n) is 6.37. The summed E-state index contributed by atoms with van der Waals surface area (Å²) < 4.78 is 11.4. The molecule has 2 aromatic rings. The number of carbonyl (C=O) groups excluding carboxylic acids is 1. The predicted molar refractivity (Wildman–Crippen MR) is 103 cm³/mol. The van der Waals surface area contributed by atoms with Gasteiger partial charge in [-0.2, -0.15) is 0 Å². The number of carbonyl (C=O) groups is 1. The van der Waals surface area contributed by atoms with Crippen molar-refractivity contribution >= 4 is 11.6 Å². The highest BCUT2D eigenvalue weighted by molar-refractivity contribution is 6.02. The Bertz CT molecular complexity index is 791. The number of hydrogen-bond acceptors (Lipinski definition) is 4. The van der Waals surface area contributed by atoms with Crippen LogP contribution in [0.2, 0.25) is 0 Å². The first-order valence-corrected chi connectivity index (χ1v) is 9.10. The topological polar surface area (TPSA) is 50.8 Å². The van der Waals surface area contributed by atoms with Crippen LogP contribution in [-0.4, -0.2) is 30.6 Å². The van der Waals surface area contributed by atoms with Crippen molar-refractivity contribution in [3.63, 3.8) is 0 Å². The standard InChI is InChI=1S/C21H26N2O3/c1-5-14(3)23-20(22-17-12-8-7-10-15(17)21(23)24)16-11-9-13-18(26-6-2)19(16)25-4/h7-14,20,22H,5-6H2,1-4H3/t14-,20+/m1/s1. The van der Waals surface area contributed by atoms with Gasteiger partial charge in [-0.1, -0.05) is 31.2 Å². The fourth-order valence-electron chi connectivity index (χ4n) is 3.38. The Morgan fingerprint density at radius 2 is 1.92 bits per heavy atom. The molecule has 0 aromatic heterocycles. The first kappa shape index (κ1) is 18.1. The van der Waals surface area contributed by atoms with Crippen molar-refractivity contribution in [2.24, 2.45) is 0 Å². The summed E-state index contributed by atoms with van der Waals surface area (Å²) in [6, 6.07) is 13.5. The quantitative estimate of drug-likeness (QED) is 0.832. The summed E-state index contributed by atoms with van der Waals surface area (Å²) in [5.74, 6) is 1.37. The minimum atomic E-state index is -0.317. The molecule has 0 spiro atoms. The van der Waals surface area contributed by atoms with Crippen LogP contribution in [0.5, 0.6) is 11.5 Å². The number of para-hydroxylation sites is 2. The average Bonchev–Trinajstić information content (AvgIpc) is 2.67. The van der Waals surface area contributed by atoms with Crippen LogP contribution in [0.3, 0.4) is 0 Å². The molecule has 0 bridgehead atoms. The van der Waals surface area contributed by atoms with Crippen LogP contribution in [0.1, 0.15) is 49.3 Å². The summed E-state index contributed by atoms with van der Waals surface area (Å²) >= 11 is 0. The Labute approximate surface area is 154 Å². The number of hydrogen-bond donors (Lipinski definition) is 1. The lowest BCUT2D eigenvalue weighted by Gasteiger charge is -2.42. The molecule has 1 N–H and O–H groups in total. The summed E-state index contributed by atoms with van der Waals surface area (Å²) in [5.41, 5.74) is 2.43. The number of nitrogens with zero attached hydrogens (tertiary/aromatic N) is 1. The number of ether oxygens (including phenoxy) is 2. The van der Waals surface area contributed by atoms with Gasteiger partial charge in [0.1, 0.15) is 6.17 Å². The molecule has 0 saturated heterocycles. The number of nitrogens with one attached hydrogen (secondary N) is 1. The molecule has 1 heterocycles. The Kier molecular flexibility index (Phi) is 5.35. The summed E-state index contributed by atoms with van der Waals surface area (Å²) in [7, 11) is 1.63. The highest BCUT2D eigenvalue weighted by Gasteiger charge is 2.37. The van der Waals surface area contributed by atoms with E-state index in [4.69, 9.17) is 9.47 Å². The molecule has 0 fully saturated rings. The van der Waals surface area contributed by atoms with Crippen molar-refractivity contribution in [1.29, 1.82) is 0 Å². The summed E-state index contributed by atoms with van der Waals surface area (Å²) in [4.78, 5) is 15.1. The third-order valence-corrected chi connectivity index (χ3v) is 4.84. The highest BCUT2D eigenvalue weighted by atomic mass is 16.5. The van der Waals surface area contributed by atoms with Gasteiger partial charge in [-0.15, -0.1) is 0 Å². The Morgan fingerprint density at radius 3 is 2.62 bits per heavy atom. The number of fused-ring (bicyclic) bond motifs is 1. The van der Waals surface area contributed by atoms with Crippen molar-refractivity contribution in [3.8, 4) is 11.5 Å². The molecule has 2 atom stereocenters. The molecule has 1 amide bonds. The highest BCUT2D eigenvalue weighted by Crippen LogP contribution is 2.41. The number of rotatable bonds is 6. The van der Waals surface area contributed by atoms with E-state index in [1.165, 1.54) is 0 Å². The number of methoxy groups -OCH3 is 1. The molecule has 26 heavy (non-hydrogen) atoms. The van der Waals surface area contributed by atoms with Crippen molar-refractivity contribution in [3.05, 3.63) is 53.6 Å². The van der Waals surface area contributed by atoms with Crippen LogP contribution >= 0.6 is 0 Å². The fraction of sp³-hybridized carbons (Fsp3) is 0.381. The van der Waals surface area contributed by atoms with Gasteiger partial charge in [-0.25, -0.2) is 0 Å². The number of benzene rings is 2. The van der Waals surface area contributed by atoms with Crippen LogP contribution in [0, 0.1) is 0 Å². The molecule has 0 unspecified atom stereocenters. The Morgan fingerprint density at radius 1 is 1.15 bits per heavy atom. The normalized spacial score (nSPS) is 17.3. The Hall–Kier alpha value is -2.69. The maximum absolute atomic E-state index is 13.2. The monoisotopic (exact) mass is 354 g/mol. The second kappa shape index (κ2) is 7.68. The maximum Gasteiger partial charge on any atom is 0.258 e. The molecular formula is C21H26N2O3. The van der Waals surface area contributed by atoms with Gasteiger partial charge >= 0.3 is 0 Å². The molecule has 0 aliphatic carbocycles. The van der Waals surface area contributed by atoms with Crippen LogP contribution in [-0.2, 0) is 0 Å². The predicted octanol–water partition coefficient (Wildman–Crippen LogP) is 4.46. The van der Waals surface area contributed by atoms with Crippen LogP contribution in [0.4, 0.5) is 5.69 Å². The van der Waals surface area contributed by atoms with Gasteiger partial charge in [0.15, 0.2) is 11.5 Å². The van der Waals surface area contributed by atoms with Crippen LogP contribution in [0.25, 0.3) is 0 Å². The molecule has 0 radical (unpaired) electrons. The minimum absolute atomic E-state index is 0.0302. The van der Waals surface area contributed by atoms with Crippen molar-refractivity contribution in [2.45, 2.75) is 39.4 Å². The van der Waals surface area contributed by atoms with Crippen molar-refractivity contribution in [2.75, 3.05) is 19.0 Å². The molecule has 0 saturated carbocycles. The summed E-state index contributed by atoms with van der Waals surface area (Å²) in [6.45, 7) is 6.65. The van der Waals surface area contributed by atoms with E-state index < -0.39 is 0 Å². The Balaban J connectivity index is 2.13. The molecule has 5 heteroatoms. The molecule has 1 aliphatic rings. The summed E-state index contributed by atoms with van der Waals surface area (Å²) in [6.07, 6.45) is 0.544. The van der Waals surface area contributed by atoms with Crippen LogP contribution < -0.4 is 14.8 Å². The van der Waals surface area contributed by atoms with E-state index >= 15 is 0 Å². The zero-order valence-electron chi connectivity index (χ0n) is 15.8. The van der Waals surface area contributed by atoms with Gasteiger partial charge in [-0.3, -0.25) is 4.79 Å². The van der Waals surface area contributed by atoms with Gasteiger partial charge in [-0.05, 0) is 38.5 Å². The fourth-order valence-corrected chi connectivity index (χ4v) is 3.38. The zero-order chi connectivity index (χ0) is 18.7. The van der Waals surface area contributed by atoms with Gasteiger partial charge in [0.25, 0.3) is 5.91 Å². The molecular weight excluding hydrogens is 328 g/mol. The number of anilines is 1. The van der Waals surface area contributed by atoms with E-state index in [1.54, 1.807) is 7.11 Å². The first-order chi connectivity index (χ1) is 12.6. The molecule has 138 valence electrons. The third kappa shape index (κ3) is 3.09. The minimum Gasteiger partial charge on any atom is -0.492 e. The largest absolute Gasteiger partial charge is 0.492 e. The van der Waals surface area contributed by atoms with E-state index in [-0.39, 0.29) is 18.1 Å². The van der Waals surface area contributed by atoms with Gasteiger partial charge < -0.3 is 19.7 Å². The van der Waals surface area contributed by atoms with Gasteiger partial charge in [0.05, 0.1) is 19.3 Å². The lowest BCUT2D eigenvalue weighted by molar-refractivity contribution is 0.0590. The maximum atomic E-state index is 13.2. The average molecular weight is 354 g/mol. The van der Waals surface area contributed by atoms with E-state index in [0.29, 0.717) is 23.7 Å². The van der Waals surface area contributed by atoms with Gasteiger partial charge in [0.2, 0.25) is 0 Å². The van der Waals surface area contributed by atoms with Crippen LogP contribution in [0.15, 0.2) is 42.5 Å². The first-order valence-electron chi connectivity index (χ1n) is 9.10. The molecule has 2 aromatic carbocycles. The summed E-state index contributed by atoms with van der Waals surface area (Å²) in [5, 5.41) is 3.52. The van der Waals surface area contributed by atoms with E-state index in [9.17, 15) is 4.79 Å². The van der Waals surface area contributed by atoms with E-state index in [2.05, 4.69) is 19.2 Å². The zero-order valence-corrected chi connectivity index (χ0v) is 15.8. The van der Waals surface area contributed by atoms with Gasteiger partial charge in [0, 0.05) is 17.3 Å². The number of amides is 1. The SMILES string of the molecule is CCOc1cccc([C@H]2Nc3ccccc3C(=O)N2[C@H](C)CC)c1OC. The molecule has 3 rings (SSSR count). The van der Waals surface area contributed by atoms with E-state index in [1.807, 2.05) is 54.3 Å². The lowest BCUT2D eigenvalue weighted by Crippen LogP contribution is -2.47. The lowest BCUT2D eigenvalue weighted by atomic mass is 10.00. The van der Waals surface area contributed by atoms with Crippen molar-refractivity contribution < 1.29 is 14.3 Å². The van der Waals surface area contributed by atoms with Crippen molar-refractivity contribution in [1.82, 2.24) is 4.90 Å². The second-order valence-corrected chi connectivity index (χ2v) is 6.37.